The number of nitrogens with one attached hydrogen (secondary N) is 1. The monoisotopic (exact) mass is 150 g/mol. The first kappa shape index (κ1) is 8.05. The fraction of sp³-hybridized carbons (Fsp3) is 0.444. The molecule has 0 fully saturated rings. The average Bonchev–Trinajstić information content (AvgIpc) is 2.29. The second-order valence-corrected chi connectivity index (χ2v) is 2.69. The normalized spacial score (nSPS) is 11.2. The highest BCUT2D eigenvalue weighted by Crippen LogP contribution is 2.09. The molecule has 2 heteroatoms. The summed E-state index contributed by atoms with van der Waals surface area (Å²) in [6.07, 6.45) is 5.20. The summed E-state index contributed by atoms with van der Waals surface area (Å²) in [6, 6.07) is 0. The second kappa shape index (κ2) is 3.37. The molecule has 60 valence electrons. The molecule has 0 aliphatic rings. The first-order valence-corrected chi connectivity index (χ1v) is 3.87. The van der Waals surface area contributed by atoms with E-state index in [1.54, 1.807) is 0 Å². The molecule has 0 saturated carbocycles. The lowest BCUT2D eigenvalue weighted by molar-refractivity contribution is 1.02. The fourth-order valence-electron chi connectivity index (χ4n) is 1.11. The Morgan fingerprint density at radius 3 is 2.64 bits per heavy atom. The van der Waals surface area contributed by atoms with E-state index in [2.05, 4.69) is 29.3 Å². The molecule has 11 heavy (non-hydrogen) atoms. The minimum atomic E-state index is 0.991. The van der Waals surface area contributed by atoms with Crippen molar-refractivity contribution in [2.45, 2.75) is 27.2 Å². The number of nitrogens with zero attached hydrogens (tertiary/aromatic N) is 1. The Balaban J connectivity index is 2.83. The highest BCUT2D eigenvalue weighted by Gasteiger charge is 2.02. The number of hydrogen-bond donors (Lipinski definition) is 1. The molecule has 1 aromatic rings. The molecule has 0 saturated heterocycles. The molecule has 0 spiro atoms. The molecule has 1 aromatic heterocycles. The third-order valence-corrected chi connectivity index (χ3v) is 1.84. The second-order valence-electron chi connectivity index (χ2n) is 2.69. The van der Waals surface area contributed by atoms with Gasteiger partial charge in [0.25, 0.3) is 0 Å². The van der Waals surface area contributed by atoms with Gasteiger partial charge in [0, 0.05) is 5.69 Å². The first-order chi connectivity index (χ1) is 5.25. The Hall–Kier alpha value is -1.05. The summed E-state index contributed by atoms with van der Waals surface area (Å²) in [5.74, 6) is 0. The molecule has 0 amide bonds. The molecule has 0 radical (unpaired) electrons. The zero-order valence-electron chi connectivity index (χ0n) is 7.31. The van der Waals surface area contributed by atoms with Crippen molar-refractivity contribution in [3.05, 3.63) is 29.1 Å². The summed E-state index contributed by atoms with van der Waals surface area (Å²) in [5.41, 5.74) is 3.62. The summed E-state index contributed by atoms with van der Waals surface area (Å²) < 4.78 is 0. The minimum absolute atomic E-state index is 0.991. The van der Waals surface area contributed by atoms with Gasteiger partial charge in [0.15, 0.2) is 0 Å². The van der Waals surface area contributed by atoms with Crippen LogP contribution >= 0.6 is 0 Å². The smallest absolute Gasteiger partial charge is 0.0629 e. The Morgan fingerprint density at radius 2 is 2.18 bits per heavy atom. The predicted octanol–water partition coefficient (Wildman–Crippen LogP) is 2.15. The summed E-state index contributed by atoms with van der Waals surface area (Å²) >= 11 is 0. The largest absolute Gasteiger partial charge is 0.282 e. The fourth-order valence-corrected chi connectivity index (χ4v) is 1.11. The number of aromatic nitrogens is 2. The SMILES string of the molecule is CC=CCc1c(C)n[nH]c1C. The summed E-state index contributed by atoms with van der Waals surface area (Å²) in [7, 11) is 0. The van der Waals surface area contributed by atoms with Crippen molar-refractivity contribution < 1.29 is 0 Å². The van der Waals surface area contributed by atoms with Crippen LogP contribution in [0.2, 0.25) is 0 Å². The molecular formula is C9H14N2. The lowest BCUT2D eigenvalue weighted by Gasteiger charge is -1.93. The molecule has 1 heterocycles. The molecular weight excluding hydrogens is 136 g/mol. The van der Waals surface area contributed by atoms with Crippen LogP contribution in [0.1, 0.15) is 23.9 Å². The summed E-state index contributed by atoms with van der Waals surface area (Å²) in [6.45, 7) is 6.12. The number of aryl methyl sites for hydroxylation is 2. The van der Waals surface area contributed by atoms with E-state index in [1.165, 1.54) is 11.3 Å². The van der Waals surface area contributed by atoms with Gasteiger partial charge in [-0.1, -0.05) is 12.2 Å². The van der Waals surface area contributed by atoms with Crippen molar-refractivity contribution in [2.24, 2.45) is 0 Å². The zero-order chi connectivity index (χ0) is 8.27. The quantitative estimate of drug-likeness (QED) is 0.643. The topological polar surface area (TPSA) is 28.7 Å². The van der Waals surface area contributed by atoms with Gasteiger partial charge in [-0.2, -0.15) is 5.10 Å². The Kier molecular flexibility index (Phi) is 2.47. The van der Waals surface area contributed by atoms with Gasteiger partial charge in [-0.3, -0.25) is 5.10 Å². The van der Waals surface area contributed by atoms with Crippen LogP contribution in [-0.4, -0.2) is 10.2 Å². The van der Waals surface area contributed by atoms with Crippen LogP contribution in [0.4, 0.5) is 0 Å². The van der Waals surface area contributed by atoms with E-state index in [0.717, 1.165) is 12.1 Å². The Morgan fingerprint density at radius 1 is 1.45 bits per heavy atom. The number of rotatable bonds is 2. The molecule has 1 rings (SSSR count). The van der Waals surface area contributed by atoms with Gasteiger partial charge in [-0.15, -0.1) is 0 Å². The van der Waals surface area contributed by atoms with Gasteiger partial charge in [-0.05, 0) is 32.8 Å². The Labute approximate surface area is 67.3 Å². The van der Waals surface area contributed by atoms with Crippen LogP contribution in [0, 0.1) is 13.8 Å². The van der Waals surface area contributed by atoms with Crippen molar-refractivity contribution in [3.8, 4) is 0 Å². The van der Waals surface area contributed by atoms with Crippen LogP contribution < -0.4 is 0 Å². The number of H-pyrrole nitrogens is 1. The lowest BCUT2D eigenvalue weighted by atomic mass is 10.1. The van der Waals surface area contributed by atoms with Crippen LogP contribution in [0.3, 0.4) is 0 Å². The molecule has 1 N–H and O–H groups in total. The standard InChI is InChI=1S/C9H14N2/c1-4-5-6-9-7(2)10-11-8(9)3/h4-5H,6H2,1-3H3,(H,10,11). The van der Waals surface area contributed by atoms with E-state index >= 15 is 0 Å². The van der Waals surface area contributed by atoms with Gasteiger partial charge in [-0.25, -0.2) is 0 Å². The van der Waals surface area contributed by atoms with Crippen molar-refractivity contribution in [1.29, 1.82) is 0 Å². The first-order valence-electron chi connectivity index (χ1n) is 3.87. The maximum absolute atomic E-state index is 4.11. The van der Waals surface area contributed by atoms with E-state index in [9.17, 15) is 0 Å². The maximum atomic E-state index is 4.11. The number of aromatic amines is 1. The van der Waals surface area contributed by atoms with E-state index in [1.807, 2.05) is 13.8 Å². The van der Waals surface area contributed by atoms with E-state index in [0.29, 0.717) is 0 Å². The lowest BCUT2D eigenvalue weighted by Crippen LogP contribution is -1.84. The average molecular weight is 150 g/mol. The van der Waals surface area contributed by atoms with E-state index < -0.39 is 0 Å². The van der Waals surface area contributed by atoms with Crippen molar-refractivity contribution in [2.75, 3.05) is 0 Å². The number of hydrogen-bond acceptors (Lipinski definition) is 1. The third kappa shape index (κ3) is 1.70. The van der Waals surface area contributed by atoms with Gasteiger partial charge >= 0.3 is 0 Å². The van der Waals surface area contributed by atoms with E-state index in [-0.39, 0.29) is 0 Å². The molecule has 0 aliphatic carbocycles. The van der Waals surface area contributed by atoms with Crippen LogP contribution in [0.25, 0.3) is 0 Å². The van der Waals surface area contributed by atoms with Crippen molar-refractivity contribution in [3.63, 3.8) is 0 Å². The molecule has 0 aliphatic heterocycles. The Bertz CT molecular complexity index is 239. The molecule has 0 bridgehead atoms. The third-order valence-electron chi connectivity index (χ3n) is 1.84. The summed E-state index contributed by atoms with van der Waals surface area (Å²) in [5, 5.41) is 7.07. The van der Waals surface area contributed by atoms with Gasteiger partial charge in [0.1, 0.15) is 0 Å². The van der Waals surface area contributed by atoms with Gasteiger partial charge in [0.2, 0.25) is 0 Å². The maximum Gasteiger partial charge on any atom is 0.0629 e. The van der Waals surface area contributed by atoms with Crippen molar-refractivity contribution >= 4 is 0 Å². The minimum Gasteiger partial charge on any atom is -0.282 e. The van der Waals surface area contributed by atoms with Gasteiger partial charge < -0.3 is 0 Å². The van der Waals surface area contributed by atoms with Crippen LogP contribution in [0.15, 0.2) is 12.2 Å². The van der Waals surface area contributed by atoms with E-state index in [4.69, 9.17) is 0 Å². The number of allylic oxidation sites excluding steroid dienone is 2. The summed E-state index contributed by atoms with van der Waals surface area (Å²) in [4.78, 5) is 0. The van der Waals surface area contributed by atoms with Crippen LogP contribution in [-0.2, 0) is 6.42 Å². The molecule has 0 aromatic carbocycles. The predicted molar refractivity (Wildman–Crippen MR) is 46.6 cm³/mol. The highest BCUT2D eigenvalue weighted by molar-refractivity contribution is 5.25. The van der Waals surface area contributed by atoms with Crippen molar-refractivity contribution in [1.82, 2.24) is 10.2 Å². The highest BCUT2D eigenvalue weighted by atomic mass is 15.1. The zero-order valence-corrected chi connectivity index (χ0v) is 7.31. The molecule has 0 unspecified atom stereocenters. The van der Waals surface area contributed by atoms with Gasteiger partial charge in [0.05, 0.1) is 5.69 Å². The van der Waals surface area contributed by atoms with Crippen LogP contribution in [0.5, 0.6) is 0 Å². The molecule has 2 nitrogen and oxygen atoms in total. The molecule has 0 atom stereocenters.